The Labute approximate surface area is 94.8 Å². The van der Waals surface area contributed by atoms with Crippen LogP contribution in [0, 0.1) is 0 Å². The van der Waals surface area contributed by atoms with Crippen LogP contribution in [-0.4, -0.2) is 23.0 Å². The maximum absolute atomic E-state index is 11.6. The third kappa shape index (κ3) is 1.63. The van der Waals surface area contributed by atoms with Crippen LogP contribution < -0.4 is 0 Å². The highest BCUT2D eigenvalue weighted by Gasteiger charge is 2.16. The molecule has 0 unspecified atom stereocenters. The summed E-state index contributed by atoms with van der Waals surface area (Å²) < 4.78 is 4.74. The number of H-pyrrole nitrogens is 1. The molecule has 0 radical (unpaired) electrons. The molecule has 0 saturated carbocycles. The molecule has 0 saturated heterocycles. The number of aromatic nitrogens is 2. The summed E-state index contributed by atoms with van der Waals surface area (Å²) >= 11 is 3.33. The lowest BCUT2D eigenvalue weighted by atomic mass is 10.1. The van der Waals surface area contributed by atoms with E-state index >= 15 is 0 Å². The molecule has 2 aromatic rings. The molecule has 0 spiro atoms. The van der Waals surface area contributed by atoms with E-state index in [1.54, 1.807) is 6.33 Å². The maximum atomic E-state index is 11.6. The van der Waals surface area contributed by atoms with Gasteiger partial charge >= 0.3 is 5.97 Å². The second kappa shape index (κ2) is 4.02. The van der Waals surface area contributed by atoms with Crippen molar-refractivity contribution in [1.29, 1.82) is 0 Å². The van der Waals surface area contributed by atoms with Crippen molar-refractivity contribution in [1.82, 2.24) is 9.97 Å². The monoisotopic (exact) mass is 268 g/mol. The van der Waals surface area contributed by atoms with Crippen LogP contribution in [0.15, 0.2) is 18.5 Å². The predicted molar refractivity (Wildman–Crippen MR) is 60.1 cm³/mol. The number of carbonyl (C=O) groups excluding carboxylic acids is 1. The van der Waals surface area contributed by atoms with Gasteiger partial charge in [-0.3, -0.25) is 0 Å². The van der Waals surface area contributed by atoms with Gasteiger partial charge in [0.05, 0.1) is 24.5 Å². The van der Waals surface area contributed by atoms with Crippen molar-refractivity contribution in [3.8, 4) is 0 Å². The summed E-state index contributed by atoms with van der Waals surface area (Å²) in [5.41, 5.74) is 2.88. The van der Waals surface area contributed by atoms with Gasteiger partial charge in [0.2, 0.25) is 0 Å². The molecular formula is C10H9BrN2O2. The number of alkyl halides is 1. The Morgan fingerprint density at radius 2 is 2.40 bits per heavy atom. The van der Waals surface area contributed by atoms with Gasteiger partial charge in [0.1, 0.15) is 5.52 Å². The molecule has 15 heavy (non-hydrogen) atoms. The average molecular weight is 269 g/mol. The van der Waals surface area contributed by atoms with Crippen LogP contribution >= 0.6 is 15.9 Å². The van der Waals surface area contributed by atoms with Crippen molar-refractivity contribution in [3.63, 3.8) is 0 Å². The first-order chi connectivity index (χ1) is 7.27. The average Bonchev–Trinajstić information content (AvgIpc) is 2.74. The van der Waals surface area contributed by atoms with Gasteiger partial charge in [0.25, 0.3) is 0 Å². The van der Waals surface area contributed by atoms with E-state index in [1.807, 2.05) is 12.1 Å². The number of nitrogens with one attached hydrogen (secondary N) is 1. The number of fused-ring (bicyclic) bond motifs is 1. The number of hydrogen-bond acceptors (Lipinski definition) is 3. The normalized spacial score (nSPS) is 10.5. The van der Waals surface area contributed by atoms with Crippen molar-refractivity contribution in [2.45, 2.75) is 5.33 Å². The quantitative estimate of drug-likeness (QED) is 0.672. The molecule has 1 heterocycles. The fourth-order valence-electron chi connectivity index (χ4n) is 1.49. The minimum Gasteiger partial charge on any atom is -0.465 e. The standard InChI is InChI=1S/C10H9BrN2O2/c1-15-10(14)8-6(4-11)2-3-7-9(8)13-5-12-7/h2-3,5H,4H2,1H3,(H,12,13). The molecule has 0 aliphatic carbocycles. The minimum atomic E-state index is -0.359. The zero-order chi connectivity index (χ0) is 10.8. The van der Waals surface area contributed by atoms with E-state index in [1.165, 1.54) is 7.11 Å². The van der Waals surface area contributed by atoms with Gasteiger partial charge in [-0.05, 0) is 11.6 Å². The smallest absolute Gasteiger partial charge is 0.340 e. The molecule has 0 bridgehead atoms. The fraction of sp³-hybridized carbons (Fsp3) is 0.200. The molecule has 1 N–H and O–H groups in total. The molecule has 0 aliphatic heterocycles. The highest BCUT2D eigenvalue weighted by atomic mass is 79.9. The number of rotatable bonds is 2. The zero-order valence-electron chi connectivity index (χ0n) is 8.08. The number of halogens is 1. The summed E-state index contributed by atoms with van der Waals surface area (Å²) in [6, 6.07) is 3.77. The maximum Gasteiger partial charge on any atom is 0.340 e. The van der Waals surface area contributed by atoms with Crippen LogP contribution in [0.2, 0.25) is 0 Å². The van der Waals surface area contributed by atoms with Crippen molar-refractivity contribution in [2.24, 2.45) is 0 Å². The Bertz CT molecular complexity index is 507. The summed E-state index contributed by atoms with van der Waals surface area (Å²) in [4.78, 5) is 18.7. The predicted octanol–water partition coefficient (Wildman–Crippen LogP) is 2.24. The molecule has 1 aromatic heterocycles. The van der Waals surface area contributed by atoms with Crippen molar-refractivity contribution in [3.05, 3.63) is 29.6 Å². The third-order valence-corrected chi connectivity index (χ3v) is 2.82. The number of esters is 1. The molecule has 0 atom stereocenters. The number of hydrogen-bond donors (Lipinski definition) is 1. The van der Waals surface area contributed by atoms with E-state index in [2.05, 4.69) is 25.9 Å². The Kier molecular flexibility index (Phi) is 2.73. The first-order valence-electron chi connectivity index (χ1n) is 4.37. The van der Waals surface area contributed by atoms with Crippen LogP contribution in [0.3, 0.4) is 0 Å². The van der Waals surface area contributed by atoms with Crippen LogP contribution in [0.1, 0.15) is 15.9 Å². The summed E-state index contributed by atoms with van der Waals surface area (Å²) in [7, 11) is 1.37. The molecule has 78 valence electrons. The zero-order valence-corrected chi connectivity index (χ0v) is 9.67. The van der Waals surface area contributed by atoms with E-state index < -0.39 is 0 Å². The summed E-state index contributed by atoms with van der Waals surface area (Å²) in [5, 5.41) is 0.597. The molecule has 2 rings (SSSR count). The third-order valence-electron chi connectivity index (χ3n) is 2.21. The molecule has 1 aromatic carbocycles. The van der Waals surface area contributed by atoms with Gasteiger partial charge < -0.3 is 9.72 Å². The van der Waals surface area contributed by atoms with Crippen LogP contribution in [0.4, 0.5) is 0 Å². The van der Waals surface area contributed by atoms with E-state index in [0.29, 0.717) is 16.4 Å². The number of nitrogens with zero attached hydrogens (tertiary/aromatic N) is 1. The first kappa shape index (κ1) is 10.2. The van der Waals surface area contributed by atoms with Gasteiger partial charge in [-0.25, -0.2) is 9.78 Å². The van der Waals surface area contributed by atoms with E-state index in [9.17, 15) is 4.79 Å². The molecule has 0 fully saturated rings. The number of aromatic amines is 1. The number of ether oxygens (including phenoxy) is 1. The molecule has 4 nitrogen and oxygen atoms in total. The van der Waals surface area contributed by atoms with E-state index in [0.717, 1.165) is 11.1 Å². The van der Waals surface area contributed by atoms with Crippen LogP contribution in [0.5, 0.6) is 0 Å². The minimum absolute atomic E-state index is 0.359. The molecule has 0 aliphatic rings. The summed E-state index contributed by atoms with van der Waals surface area (Å²) in [6.07, 6.45) is 1.56. The largest absolute Gasteiger partial charge is 0.465 e. The highest BCUT2D eigenvalue weighted by Crippen LogP contribution is 2.22. The summed E-state index contributed by atoms with van der Waals surface area (Å²) in [5.74, 6) is -0.359. The second-order valence-corrected chi connectivity index (χ2v) is 3.58. The van der Waals surface area contributed by atoms with E-state index in [4.69, 9.17) is 4.74 Å². The first-order valence-corrected chi connectivity index (χ1v) is 5.49. The van der Waals surface area contributed by atoms with Gasteiger partial charge in [-0.15, -0.1) is 0 Å². The summed E-state index contributed by atoms with van der Waals surface area (Å²) in [6.45, 7) is 0. The molecular weight excluding hydrogens is 260 g/mol. The number of methoxy groups -OCH3 is 1. The number of benzene rings is 1. The molecule has 5 heteroatoms. The van der Waals surface area contributed by atoms with Crippen LogP contribution in [-0.2, 0) is 10.1 Å². The number of carbonyl (C=O) groups is 1. The lowest BCUT2D eigenvalue weighted by molar-refractivity contribution is 0.0602. The van der Waals surface area contributed by atoms with Crippen molar-refractivity contribution < 1.29 is 9.53 Å². The lowest BCUT2D eigenvalue weighted by Crippen LogP contribution is -2.05. The Hall–Kier alpha value is -1.36. The van der Waals surface area contributed by atoms with Gasteiger partial charge in [0.15, 0.2) is 0 Å². The SMILES string of the molecule is COC(=O)c1c(CBr)ccc2[nH]cnc12. The number of imidazole rings is 1. The Balaban J connectivity index is 2.74. The highest BCUT2D eigenvalue weighted by molar-refractivity contribution is 9.08. The second-order valence-electron chi connectivity index (χ2n) is 3.02. The van der Waals surface area contributed by atoms with Gasteiger partial charge in [-0.1, -0.05) is 22.0 Å². The Morgan fingerprint density at radius 3 is 3.07 bits per heavy atom. The lowest BCUT2D eigenvalue weighted by Gasteiger charge is -2.05. The van der Waals surface area contributed by atoms with Crippen molar-refractivity contribution >= 4 is 32.9 Å². The van der Waals surface area contributed by atoms with Crippen LogP contribution in [0.25, 0.3) is 11.0 Å². The van der Waals surface area contributed by atoms with Gasteiger partial charge in [0, 0.05) is 5.33 Å². The van der Waals surface area contributed by atoms with Gasteiger partial charge in [-0.2, -0.15) is 0 Å². The van der Waals surface area contributed by atoms with E-state index in [-0.39, 0.29) is 5.97 Å². The Morgan fingerprint density at radius 1 is 1.60 bits per heavy atom. The van der Waals surface area contributed by atoms with Crippen molar-refractivity contribution in [2.75, 3.05) is 7.11 Å². The topological polar surface area (TPSA) is 55.0 Å². The molecule has 0 amide bonds. The fourth-order valence-corrected chi connectivity index (χ4v) is 1.96.